The van der Waals surface area contributed by atoms with Crippen molar-refractivity contribution in [2.24, 2.45) is 0 Å². The molecule has 106 valence electrons. The van der Waals surface area contributed by atoms with E-state index >= 15 is 0 Å². The number of aromatic nitrogens is 1. The smallest absolute Gasteiger partial charge is 0.244 e. The SMILES string of the molecule is Cc1ccc(NC(=O)Cn2ccc3ccccc32)c(N)c1. The summed E-state index contributed by atoms with van der Waals surface area (Å²) in [7, 11) is 0. The van der Waals surface area contributed by atoms with Gasteiger partial charge in [-0.15, -0.1) is 0 Å². The van der Waals surface area contributed by atoms with Crippen molar-refractivity contribution >= 4 is 28.2 Å². The maximum absolute atomic E-state index is 12.2. The molecule has 0 fully saturated rings. The number of aryl methyl sites for hydroxylation is 1. The lowest BCUT2D eigenvalue weighted by atomic mass is 10.2. The van der Waals surface area contributed by atoms with Gasteiger partial charge in [-0.05, 0) is 42.1 Å². The van der Waals surface area contributed by atoms with Crippen LogP contribution in [0.25, 0.3) is 10.9 Å². The molecule has 0 atom stereocenters. The highest BCUT2D eigenvalue weighted by molar-refractivity contribution is 5.94. The molecular formula is C17H17N3O. The minimum atomic E-state index is -0.0908. The molecule has 1 amide bonds. The number of fused-ring (bicyclic) bond motifs is 1. The van der Waals surface area contributed by atoms with Gasteiger partial charge in [0.2, 0.25) is 5.91 Å². The zero-order valence-electron chi connectivity index (χ0n) is 11.8. The van der Waals surface area contributed by atoms with Crippen molar-refractivity contribution in [1.29, 1.82) is 0 Å². The fraction of sp³-hybridized carbons (Fsp3) is 0.118. The van der Waals surface area contributed by atoms with Crippen molar-refractivity contribution < 1.29 is 4.79 Å². The number of nitrogens with two attached hydrogens (primary N) is 1. The number of carbonyl (C=O) groups is 1. The number of hydrogen-bond donors (Lipinski definition) is 2. The zero-order chi connectivity index (χ0) is 14.8. The molecule has 0 saturated carbocycles. The highest BCUT2D eigenvalue weighted by Crippen LogP contribution is 2.20. The van der Waals surface area contributed by atoms with Gasteiger partial charge < -0.3 is 15.6 Å². The van der Waals surface area contributed by atoms with Crippen molar-refractivity contribution in [1.82, 2.24) is 4.57 Å². The number of amides is 1. The van der Waals surface area contributed by atoms with Crippen molar-refractivity contribution in [2.75, 3.05) is 11.1 Å². The number of rotatable bonds is 3. The Morgan fingerprint density at radius 1 is 1.19 bits per heavy atom. The van der Waals surface area contributed by atoms with Gasteiger partial charge in [0.1, 0.15) is 6.54 Å². The number of nitrogens with zero attached hydrogens (tertiary/aromatic N) is 1. The zero-order valence-corrected chi connectivity index (χ0v) is 11.8. The van der Waals surface area contributed by atoms with E-state index in [2.05, 4.69) is 5.32 Å². The third-order valence-corrected chi connectivity index (χ3v) is 3.48. The molecule has 0 spiro atoms. The average Bonchev–Trinajstić information content (AvgIpc) is 2.85. The van der Waals surface area contributed by atoms with Crippen LogP contribution in [0.5, 0.6) is 0 Å². The van der Waals surface area contributed by atoms with E-state index in [4.69, 9.17) is 5.73 Å². The van der Waals surface area contributed by atoms with Gasteiger partial charge in [-0.1, -0.05) is 24.3 Å². The molecule has 0 aliphatic carbocycles. The second kappa shape index (κ2) is 5.32. The fourth-order valence-corrected chi connectivity index (χ4v) is 2.42. The molecule has 0 aliphatic rings. The van der Waals surface area contributed by atoms with Gasteiger partial charge in [0.05, 0.1) is 11.4 Å². The highest BCUT2D eigenvalue weighted by atomic mass is 16.1. The van der Waals surface area contributed by atoms with Gasteiger partial charge in [0.15, 0.2) is 0 Å². The summed E-state index contributed by atoms with van der Waals surface area (Å²) in [4.78, 5) is 12.2. The lowest BCUT2D eigenvalue weighted by Gasteiger charge is -2.10. The summed E-state index contributed by atoms with van der Waals surface area (Å²) in [5, 5.41) is 3.98. The first kappa shape index (κ1) is 13.2. The third kappa shape index (κ3) is 2.74. The third-order valence-electron chi connectivity index (χ3n) is 3.48. The van der Waals surface area contributed by atoms with E-state index in [1.165, 1.54) is 0 Å². The van der Waals surface area contributed by atoms with Gasteiger partial charge in [-0.25, -0.2) is 0 Å². The number of benzene rings is 2. The molecule has 1 aromatic heterocycles. The first-order valence-corrected chi connectivity index (χ1v) is 6.83. The van der Waals surface area contributed by atoms with E-state index in [0.717, 1.165) is 16.5 Å². The van der Waals surface area contributed by atoms with Crippen LogP contribution in [0.3, 0.4) is 0 Å². The first-order chi connectivity index (χ1) is 10.1. The van der Waals surface area contributed by atoms with Crippen LogP contribution in [0.4, 0.5) is 11.4 Å². The largest absolute Gasteiger partial charge is 0.397 e. The second-order valence-corrected chi connectivity index (χ2v) is 5.14. The minimum Gasteiger partial charge on any atom is -0.397 e. The Bertz CT molecular complexity index is 805. The van der Waals surface area contributed by atoms with E-state index < -0.39 is 0 Å². The lowest BCUT2D eigenvalue weighted by Crippen LogP contribution is -2.19. The highest BCUT2D eigenvalue weighted by Gasteiger charge is 2.08. The molecule has 0 radical (unpaired) electrons. The van der Waals surface area contributed by atoms with Crippen LogP contribution >= 0.6 is 0 Å². The van der Waals surface area contributed by atoms with Crippen LogP contribution in [0.15, 0.2) is 54.7 Å². The van der Waals surface area contributed by atoms with Crippen LogP contribution in [0.1, 0.15) is 5.56 Å². The van der Waals surface area contributed by atoms with Crippen LogP contribution in [-0.2, 0) is 11.3 Å². The molecule has 0 aliphatic heterocycles. The monoisotopic (exact) mass is 279 g/mol. The van der Waals surface area contributed by atoms with Gasteiger partial charge in [0, 0.05) is 11.7 Å². The Morgan fingerprint density at radius 3 is 2.81 bits per heavy atom. The second-order valence-electron chi connectivity index (χ2n) is 5.14. The predicted octanol–water partition coefficient (Wildman–Crippen LogP) is 3.17. The van der Waals surface area contributed by atoms with E-state index in [0.29, 0.717) is 11.4 Å². The summed E-state index contributed by atoms with van der Waals surface area (Å²) >= 11 is 0. The Morgan fingerprint density at radius 2 is 2.00 bits per heavy atom. The Balaban J connectivity index is 1.77. The molecule has 0 saturated heterocycles. The predicted molar refractivity (Wildman–Crippen MR) is 86.2 cm³/mol. The molecule has 3 N–H and O–H groups in total. The van der Waals surface area contributed by atoms with Gasteiger partial charge >= 0.3 is 0 Å². The maximum Gasteiger partial charge on any atom is 0.244 e. The minimum absolute atomic E-state index is 0.0908. The fourth-order valence-electron chi connectivity index (χ4n) is 2.42. The molecule has 1 heterocycles. The molecule has 3 rings (SSSR count). The van der Waals surface area contributed by atoms with Crippen LogP contribution in [0, 0.1) is 6.92 Å². The van der Waals surface area contributed by atoms with E-state index in [1.54, 1.807) is 0 Å². The van der Waals surface area contributed by atoms with Gasteiger partial charge in [-0.2, -0.15) is 0 Å². The number of carbonyl (C=O) groups excluding carboxylic acids is 1. The number of nitrogen functional groups attached to an aromatic ring is 1. The van der Waals surface area contributed by atoms with E-state index in [-0.39, 0.29) is 12.5 Å². The summed E-state index contributed by atoms with van der Waals surface area (Å²) < 4.78 is 1.93. The molecular weight excluding hydrogens is 262 g/mol. The van der Waals surface area contributed by atoms with Crippen LogP contribution in [-0.4, -0.2) is 10.5 Å². The summed E-state index contributed by atoms with van der Waals surface area (Å²) in [6.07, 6.45) is 1.92. The van der Waals surface area contributed by atoms with E-state index in [9.17, 15) is 4.79 Å². The van der Waals surface area contributed by atoms with Crippen molar-refractivity contribution in [3.8, 4) is 0 Å². The molecule has 3 aromatic rings. The normalized spacial score (nSPS) is 10.7. The number of hydrogen-bond acceptors (Lipinski definition) is 2. The van der Waals surface area contributed by atoms with Crippen molar-refractivity contribution in [2.45, 2.75) is 13.5 Å². The van der Waals surface area contributed by atoms with Crippen LogP contribution in [0.2, 0.25) is 0 Å². The Kier molecular flexibility index (Phi) is 3.36. The summed E-state index contributed by atoms with van der Waals surface area (Å²) in [6.45, 7) is 2.23. The van der Waals surface area contributed by atoms with Crippen molar-refractivity contribution in [3.05, 3.63) is 60.3 Å². The van der Waals surface area contributed by atoms with Crippen molar-refractivity contribution in [3.63, 3.8) is 0 Å². The van der Waals surface area contributed by atoms with Gasteiger partial charge in [0.25, 0.3) is 0 Å². The topological polar surface area (TPSA) is 60.0 Å². The van der Waals surface area contributed by atoms with E-state index in [1.807, 2.05) is 66.2 Å². The molecule has 21 heavy (non-hydrogen) atoms. The molecule has 4 heteroatoms. The Hall–Kier alpha value is -2.75. The molecule has 0 unspecified atom stereocenters. The average molecular weight is 279 g/mol. The standard InChI is InChI=1S/C17H17N3O/c1-12-6-7-15(14(18)10-12)19-17(21)11-20-9-8-13-4-2-3-5-16(13)20/h2-10H,11,18H2,1H3,(H,19,21). The maximum atomic E-state index is 12.2. The lowest BCUT2D eigenvalue weighted by molar-refractivity contribution is -0.116. The number of nitrogens with one attached hydrogen (secondary N) is 1. The summed E-state index contributed by atoms with van der Waals surface area (Å²) in [5.74, 6) is -0.0908. The molecule has 4 nitrogen and oxygen atoms in total. The quantitative estimate of drug-likeness (QED) is 0.723. The summed E-state index contributed by atoms with van der Waals surface area (Å²) in [5.41, 5.74) is 9.27. The number of para-hydroxylation sites is 1. The van der Waals surface area contributed by atoms with Crippen LogP contribution < -0.4 is 11.1 Å². The first-order valence-electron chi connectivity index (χ1n) is 6.83. The number of anilines is 2. The molecule has 2 aromatic carbocycles. The Labute approximate surface area is 123 Å². The summed E-state index contributed by atoms with van der Waals surface area (Å²) in [6, 6.07) is 15.6. The van der Waals surface area contributed by atoms with Gasteiger partial charge in [-0.3, -0.25) is 4.79 Å². The molecule has 0 bridgehead atoms.